The van der Waals surface area contributed by atoms with Crippen LogP contribution in [0.25, 0.3) is 0 Å². The molecule has 0 aliphatic carbocycles. The van der Waals surface area contributed by atoms with Crippen molar-refractivity contribution >= 4 is 5.91 Å². The molecule has 0 spiro atoms. The molecular formula is C10H22N2O. The number of hydrogen-bond acceptors (Lipinski definition) is 2. The highest BCUT2D eigenvalue weighted by Gasteiger charge is 2.10. The zero-order chi connectivity index (χ0) is 10.5. The molecule has 0 fully saturated rings. The number of rotatable bonds is 4. The highest BCUT2D eigenvalue weighted by molar-refractivity contribution is 5.75. The van der Waals surface area contributed by atoms with Crippen molar-refractivity contribution in [3.05, 3.63) is 0 Å². The van der Waals surface area contributed by atoms with E-state index in [9.17, 15) is 4.79 Å². The lowest BCUT2D eigenvalue weighted by Crippen LogP contribution is -2.35. The molecule has 0 saturated heterocycles. The van der Waals surface area contributed by atoms with E-state index >= 15 is 0 Å². The summed E-state index contributed by atoms with van der Waals surface area (Å²) in [6.45, 7) is 6.57. The SMILES string of the molecule is CN(C)NC(=O)CCCC(C)(C)C. The van der Waals surface area contributed by atoms with E-state index in [0.717, 1.165) is 12.8 Å². The lowest BCUT2D eigenvalue weighted by atomic mass is 9.90. The van der Waals surface area contributed by atoms with E-state index in [1.807, 2.05) is 14.1 Å². The molecule has 1 amide bonds. The third-order valence-electron chi connectivity index (χ3n) is 1.68. The van der Waals surface area contributed by atoms with Crippen LogP contribution in [0.4, 0.5) is 0 Å². The van der Waals surface area contributed by atoms with Crippen LogP contribution in [0.3, 0.4) is 0 Å². The molecule has 13 heavy (non-hydrogen) atoms. The first-order valence-electron chi connectivity index (χ1n) is 4.78. The van der Waals surface area contributed by atoms with Gasteiger partial charge in [0.1, 0.15) is 0 Å². The van der Waals surface area contributed by atoms with Crippen LogP contribution in [0, 0.1) is 5.41 Å². The average molecular weight is 186 g/mol. The van der Waals surface area contributed by atoms with Gasteiger partial charge in [0.15, 0.2) is 0 Å². The Kier molecular flexibility index (Phi) is 4.99. The van der Waals surface area contributed by atoms with Crippen LogP contribution >= 0.6 is 0 Å². The van der Waals surface area contributed by atoms with Gasteiger partial charge in [0.25, 0.3) is 0 Å². The van der Waals surface area contributed by atoms with Crippen molar-refractivity contribution in [1.29, 1.82) is 0 Å². The van der Waals surface area contributed by atoms with E-state index in [0.29, 0.717) is 11.8 Å². The fourth-order valence-electron chi connectivity index (χ4n) is 1.08. The Morgan fingerprint density at radius 3 is 2.23 bits per heavy atom. The zero-order valence-electron chi connectivity index (χ0n) is 9.48. The van der Waals surface area contributed by atoms with Crippen LogP contribution in [0.1, 0.15) is 40.0 Å². The molecule has 0 aromatic heterocycles. The molecule has 0 radical (unpaired) electrons. The molecule has 78 valence electrons. The summed E-state index contributed by atoms with van der Waals surface area (Å²) in [5.41, 5.74) is 3.06. The molecule has 3 nitrogen and oxygen atoms in total. The Morgan fingerprint density at radius 1 is 1.31 bits per heavy atom. The van der Waals surface area contributed by atoms with Crippen molar-refractivity contribution in [3.8, 4) is 0 Å². The Balaban J connectivity index is 3.49. The zero-order valence-corrected chi connectivity index (χ0v) is 9.48. The first-order chi connectivity index (χ1) is 5.81. The molecule has 0 aliphatic heterocycles. The van der Waals surface area contributed by atoms with E-state index in [-0.39, 0.29) is 5.91 Å². The van der Waals surface area contributed by atoms with Gasteiger partial charge in [-0.2, -0.15) is 0 Å². The highest BCUT2D eigenvalue weighted by Crippen LogP contribution is 2.21. The van der Waals surface area contributed by atoms with Crippen LogP contribution < -0.4 is 5.43 Å². The molecule has 0 rings (SSSR count). The van der Waals surface area contributed by atoms with Gasteiger partial charge in [-0.05, 0) is 18.3 Å². The third kappa shape index (κ3) is 9.34. The standard InChI is InChI=1S/C10H22N2O/c1-10(2,3)8-6-7-9(13)11-12(4)5/h6-8H2,1-5H3,(H,11,13). The van der Waals surface area contributed by atoms with Gasteiger partial charge in [-0.3, -0.25) is 10.2 Å². The van der Waals surface area contributed by atoms with Crippen molar-refractivity contribution in [2.75, 3.05) is 14.1 Å². The largest absolute Gasteiger partial charge is 0.289 e. The maximum atomic E-state index is 11.2. The van der Waals surface area contributed by atoms with E-state index in [2.05, 4.69) is 26.2 Å². The van der Waals surface area contributed by atoms with Crippen molar-refractivity contribution in [1.82, 2.24) is 10.4 Å². The number of carbonyl (C=O) groups is 1. The molecule has 0 unspecified atom stereocenters. The fourth-order valence-corrected chi connectivity index (χ4v) is 1.08. The van der Waals surface area contributed by atoms with Gasteiger partial charge < -0.3 is 0 Å². The Morgan fingerprint density at radius 2 is 1.85 bits per heavy atom. The second-order valence-corrected chi connectivity index (χ2v) is 4.84. The molecule has 0 bridgehead atoms. The maximum Gasteiger partial charge on any atom is 0.234 e. The number of amides is 1. The summed E-state index contributed by atoms with van der Waals surface area (Å²) in [7, 11) is 3.64. The predicted octanol–water partition coefficient (Wildman–Crippen LogP) is 1.80. The third-order valence-corrected chi connectivity index (χ3v) is 1.68. The van der Waals surface area contributed by atoms with Gasteiger partial charge >= 0.3 is 0 Å². The van der Waals surface area contributed by atoms with Gasteiger partial charge in [-0.15, -0.1) is 0 Å². The second-order valence-electron chi connectivity index (χ2n) is 4.84. The van der Waals surface area contributed by atoms with Crippen molar-refractivity contribution in [3.63, 3.8) is 0 Å². The molecule has 0 heterocycles. The van der Waals surface area contributed by atoms with Crippen LogP contribution in [-0.2, 0) is 4.79 Å². The number of nitrogens with zero attached hydrogens (tertiary/aromatic N) is 1. The predicted molar refractivity (Wildman–Crippen MR) is 55.1 cm³/mol. The topological polar surface area (TPSA) is 32.3 Å². The quantitative estimate of drug-likeness (QED) is 0.679. The number of carbonyl (C=O) groups excluding carboxylic acids is 1. The molecule has 1 N–H and O–H groups in total. The number of hydrazine groups is 1. The monoisotopic (exact) mass is 186 g/mol. The van der Waals surface area contributed by atoms with Crippen LogP contribution in [0.15, 0.2) is 0 Å². The molecule has 0 aromatic carbocycles. The van der Waals surface area contributed by atoms with Crippen LogP contribution in [0.2, 0.25) is 0 Å². The van der Waals surface area contributed by atoms with Crippen LogP contribution in [-0.4, -0.2) is 25.0 Å². The van der Waals surface area contributed by atoms with Gasteiger partial charge in [-0.1, -0.05) is 20.8 Å². The molecule has 0 saturated carbocycles. The summed E-state index contributed by atoms with van der Waals surface area (Å²) in [6, 6.07) is 0. The Bertz CT molecular complexity index is 159. The molecule has 0 atom stereocenters. The van der Waals surface area contributed by atoms with Crippen molar-refractivity contribution in [2.45, 2.75) is 40.0 Å². The summed E-state index contributed by atoms with van der Waals surface area (Å²) >= 11 is 0. The lowest BCUT2D eigenvalue weighted by Gasteiger charge is -2.18. The molecular weight excluding hydrogens is 164 g/mol. The van der Waals surface area contributed by atoms with E-state index < -0.39 is 0 Å². The van der Waals surface area contributed by atoms with Gasteiger partial charge in [0.05, 0.1) is 0 Å². The normalized spacial score (nSPS) is 11.8. The summed E-state index contributed by atoms with van der Waals surface area (Å²) in [5.74, 6) is 0.106. The average Bonchev–Trinajstić information content (AvgIpc) is 1.81. The summed E-state index contributed by atoms with van der Waals surface area (Å²) < 4.78 is 0. The highest BCUT2D eigenvalue weighted by atomic mass is 16.2. The van der Waals surface area contributed by atoms with E-state index in [1.54, 1.807) is 5.01 Å². The maximum absolute atomic E-state index is 11.2. The Hall–Kier alpha value is -0.570. The molecule has 3 heteroatoms. The fraction of sp³-hybridized carbons (Fsp3) is 0.900. The van der Waals surface area contributed by atoms with Crippen molar-refractivity contribution in [2.24, 2.45) is 5.41 Å². The number of nitrogens with one attached hydrogen (secondary N) is 1. The van der Waals surface area contributed by atoms with Gasteiger partial charge in [0.2, 0.25) is 5.91 Å². The summed E-state index contributed by atoms with van der Waals surface area (Å²) in [5, 5.41) is 1.68. The summed E-state index contributed by atoms with van der Waals surface area (Å²) in [6.07, 6.45) is 2.67. The first kappa shape index (κ1) is 12.4. The molecule has 0 aromatic rings. The first-order valence-corrected chi connectivity index (χ1v) is 4.78. The van der Waals surface area contributed by atoms with E-state index in [4.69, 9.17) is 0 Å². The minimum absolute atomic E-state index is 0.106. The molecule has 0 aliphatic rings. The van der Waals surface area contributed by atoms with E-state index in [1.165, 1.54) is 0 Å². The van der Waals surface area contributed by atoms with Crippen LogP contribution in [0.5, 0.6) is 0 Å². The van der Waals surface area contributed by atoms with Gasteiger partial charge in [0, 0.05) is 20.5 Å². The minimum Gasteiger partial charge on any atom is -0.289 e. The smallest absolute Gasteiger partial charge is 0.234 e. The van der Waals surface area contributed by atoms with Crippen molar-refractivity contribution < 1.29 is 4.79 Å². The Labute approximate surface area is 81.5 Å². The lowest BCUT2D eigenvalue weighted by molar-refractivity contribution is -0.125. The van der Waals surface area contributed by atoms with Gasteiger partial charge in [-0.25, -0.2) is 5.01 Å². The minimum atomic E-state index is 0.106. The second kappa shape index (κ2) is 5.22. The number of hydrogen-bond donors (Lipinski definition) is 1. The summed E-state index contributed by atoms with van der Waals surface area (Å²) in [4.78, 5) is 11.2.